The molecule has 2 heterocycles. The van der Waals surface area contributed by atoms with Gasteiger partial charge in [0.1, 0.15) is 5.69 Å². The van der Waals surface area contributed by atoms with Gasteiger partial charge in [-0.1, -0.05) is 11.6 Å². The van der Waals surface area contributed by atoms with Crippen LogP contribution >= 0.6 is 11.6 Å². The van der Waals surface area contributed by atoms with Gasteiger partial charge in [0.05, 0.1) is 16.8 Å². The van der Waals surface area contributed by atoms with Crippen molar-refractivity contribution in [3.05, 3.63) is 51.6 Å². The van der Waals surface area contributed by atoms with E-state index in [0.29, 0.717) is 0 Å². The van der Waals surface area contributed by atoms with Crippen LogP contribution in [0, 0.1) is 10.1 Å². The highest BCUT2D eigenvalue weighted by Crippen LogP contribution is 2.19. The van der Waals surface area contributed by atoms with Gasteiger partial charge in [-0.15, -0.1) is 0 Å². The first-order chi connectivity index (χ1) is 11.3. The molecule has 0 aliphatic carbocycles. The van der Waals surface area contributed by atoms with Gasteiger partial charge >= 0.3 is 5.97 Å². The van der Waals surface area contributed by atoms with E-state index < -0.39 is 22.9 Å². The quantitative estimate of drug-likeness (QED) is 0.381. The summed E-state index contributed by atoms with van der Waals surface area (Å²) < 4.78 is 6.28. The van der Waals surface area contributed by atoms with Crippen LogP contribution < -0.4 is 5.32 Å². The summed E-state index contributed by atoms with van der Waals surface area (Å²) in [5, 5.41) is 13.3. The van der Waals surface area contributed by atoms with E-state index in [1.54, 1.807) is 12.1 Å². The zero-order chi connectivity index (χ0) is 17.9. The van der Waals surface area contributed by atoms with Gasteiger partial charge in [-0.05, 0) is 19.1 Å². The Morgan fingerprint density at radius 3 is 2.79 bits per heavy atom. The minimum atomic E-state index is -1.14. The van der Waals surface area contributed by atoms with Crippen LogP contribution in [0.25, 0.3) is 0 Å². The van der Waals surface area contributed by atoms with Crippen LogP contribution in [-0.4, -0.2) is 32.5 Å². The number of halogens is 1. The number of aromatic nitrogens is 2. The molecule has 2 aromatic heterocycles. The molecule has 1 amide bonds. The van der Waals surface area contributed by atoms with E-state index in [1.165, 1.54) is 30.9 Å². The van der Waals surface area contributed by atoms with Crippen LogP contribution in [0.1, 0.15) is 17.4 Å². The minimum absolute atomic E-state index is 0.0410. The fraction of sp³-hybridized carbons (Fsp3) is 0.214. The van der Waals surface area contributed by atoms with Gasteiger partial charge in [0.25, 0.3) is 11.6 Å². The number of esters is 1. The number of carbonyl (C=O) groups excluding carboxylic acids is 2. The highest BCUT2D eigenvalue weighted by molar-refractivity contribution is 6.32. The Morgan fingerprint density at radius 1 is 1.50 bits per heavy atom. The number of anilines is 1. The second-order valence-corrected chi connectivity index (χ2v) is 5.19. The van der Waals surface area contributed by atoms with Gasteiger partial charge in [-0.2, -0.15) is 0 Å². The molecule has 9 nitrogen and oxygen atoms in total. The monoisotopic (exact) mass is 352 g/mol. The Bertz CT molecular complexity index is 804. The Labute approximate surface area is 141 Å². The van der Waals surface area contributed by atoms with E-state index >= 15 is 0 Å². The molecule has 24 heavy (non-hydrogen) atoms. The number of nitrogens with one attached hydrogen (secondary N) is 1. The third-order valence-corrected chi connectivity index (χ3v) is 3.38. The maximum Gasteiger partial charge on any atom is 0.355 e. The van der Waals surface area contributed by atoms with Crippen molar-refractivity contribution in [3.8, 4) is 0 Å². The number of rotatable bonds is 5. The molecule has 126 valence electrons. The SMILES string of the molecule is CC(OC(=O)c1cc([N+](=O)[O-])cn1C)C(=O)Nc1cccnc1Cl. The second kappa shape index (κ2) is 7.09. The van der Waals surface area contributed by atoms with Gasteiger partial charge in [0.2, 0.25) is 0 Å². The second-order valence-electron chi connectivity index (χ2n) is 4.83. The van der Waals surface area contributed by atoms with Crippen LogP contribution in [0.5, 0.6) is 0 Å². The molecule has 0 aromatic carbocycles. The van der Waals surface area contributed by atoms with Crippen molar-refractivity contribution in [2.45, 2.75) is 13.0 Å². The van der Waals surface area contributed by atoms with Gasteiger partial charge in [-0.3, -0.25) is 14.9 Å². The van der Waals surface area contributed by atoms with E-state index in [-0.39, 0.29) is 22.2 Å². The van der Waals surface area contributed by atoms with E-state index in [0.717, 1.165) is 6.07 Å². The van der Waals surface area contributed by atoms with Crippen LogP contribution in [0.2, 0.25) is 5.15 Å². The molecule has 2 rings (SSSR count). The summed E-state index contributed by atoms with van der Waals surface area (Å²) in [7, 11) is 1.46. The predicted molar refractivity (Wildman–Crippen MR) is 84.8 cm³/mol. The Morgan fingerprint density at radius 2 is 2.21 bits per heavy atom. The maximum atomic E-state index is 12.1. The standard InChI is InChI=1S/C14H13ClN4O5/c1-8(13(20)17-10-4-3-5-16-12(10)15)24-14(21)11-6-9(19(22)23)7-18(11)2/h3-8H,1-2H3,(H,17,20). The number of nitro groups is 1. The van der Waals surface area contributed by atoms with E-state index in [4.69, 9.17) is 16.3 Å². The molecule has 0 radical (unpaired) electrons. The van der Waals surface area contributed by atoms with Crippen molar-refractivity contribution in [2.24, 2.45) is 7.05 Å². The van der Waals surface area contributed by atoms with E-state index in [1.807, 2.05) is 0 Å². The minimum Gasteiger partial charge on any atom is -0.448 e. The van der Waals surface area contributed by atoms with Gasteiger partial charge in [0.15, 0.2) is 11.3 Å². The first kappa shape index (κ1) is 17.4. The molecule has 0 aliphatic rings. The number of amides is 1. The Balaban J connectivity index is 2.04. The smallest absolute Gasteiger partial charge is 0.355 e. The van der Waals surface area contributed by atoms with Crippen LogP contribution in [0.15, 0.2) is 30.6 Å². The highest BCUT2D eigenvalue weighted by Gasteiger charge is 2.24. The third kappa shape index (κ3) is 3.87. The lowest BCUT2D eigenvalue weighted by Gasteiger charge is -2.14. The molecule has 1 atom stereocenters. The Kier molecular flexibility index (Phi) is 5.14. The van der Waals surface area contributed by atoms with Gasteiger partial charge in [-0.25, -0.2) is 9.78 Å². The number of ether oxygens (including phenoxy) is 1. The van der Waals surface area contributed by atoms with Crippen LogP contribution in [0.3, 0.4) is 0 Å². The van der Waals surface area contributed by atoms with Crippen molar-refractivity contribution in [1.29, 1.82) is 0 Å². The lowest BCUT2D eigenvalue weighted by atomic mass is 10.3. The Hall–Kier alpha value is -2.94. The van der Waals surface area contributed by atoms with Crippen LogP contribution in [-0.2, 0) is 16.6 Å². The largest absolute Gasteiger partial charge is 0.448 e. The average molecular weight is 353 g/mol. The molecule has 10 heteroatoms. The molecule has 0 saturated carbocycles. The topological polar surface area (TPSA) is 116 Å². The predicted octanol–water partition coefficient (Wildman–Crippen LogP) is 2.17. The lowest BCUT2D eigenvalue weighted by molar-refractivity contribution is -0.384. The molecule has 2 aromatic rings. The van der Waals surface area contributed by atoms with Crippen molar-refractivity contribution in [1.82, 2.24) is 9.55 Å². The van der Waals surface area contributed by atoms with Crippen molar-refractivity contribution in [3.63, 3.8) is 0 Å². The maximum absolute atomic E-state index is 12.1. The lowest BCUT2D eigenvalue weighted by Crippen LogP contribution is -2.30. The fourth-order valence-corrected chi connectivity index (χ4v) is 2.00. The van der Waals surface area contributed by atoms with E-state index in [2.05, 4.69) is 10.3 Å². The fourth-order valence-electron chi connectivity index (χ4n) is 1.84. The summed E-state index contributed by atoms with van der Waals surface area (Å²) >= 11 is 5.83. The summed E-state index contributed by atoms with van der Waals surface area (Å²) in [6.07, 6.45) is 1.50. The summed E-state index contributed by atoms with van der Waals surface area (Å²) in [6.45, 7) is 1.37. The number of pyridine rings is 1. The number of nitrogens with zero attached hydrogens (tertiary/aromatic N) is 3. The summed E-state index contributed by atoms with van der Waals surface area (Å²) in [6, 6.07) is 4.20. The normalized spacial score (nSPS) is 11.6. The molecular weight excluding hydrogens is 340 g/mol. The van der Waals surface area contributed by atoms with Gasteiger partial charge < -0.3 is 14.6 Å². The summed E-state index contributed by atoms with van der Waals surface area (Å²) in [5.74, 6) is -1.47. The molecule has 0 bridgehead atoms. The number of hydrogen-bond acceptors (Lipinski definition) is 6. The summed E-state index contributed by atoms with van der Waals surface area (Å²) in [5.41, 5.74) is -0.00831. The molecule has 0 aliphatic heterocycles. The molecular formula is C14H13ClN4O5. The molecule has 0 saturated heterocycles. The summed E-state index contributed by atoms with van der Waals surface area (Å²) in [4.78, 5) is 38.0. The van der Waals surface area contributed by atoms with Crippen molar-refractivity contribution in [2.75, 3.05) is 5.32 Å². The zero-order valence-electron chi connectivity index (χ0n) is 12.7. The number of carbonyl (C=O) groups is 2. The van der Waals surface area contributed by atoms with Crippen molar-refractivity contribution >= 4 is 34.9 Å². The van der Waals surface area contributed by atoms with E-state index in [9.17, 15) is 19.7 Å². The third-order valence-electron chi connectivity index (χ3n) is 3.08. The molecule has 0 spiro atoms. The zero-order valence-corrected chi connectivity index (χ0v) is 13.5. The number of aryl methyl sites for hydroxylation is 1. The first-order valence-electron chi connectivity index (χ1n) is 6.72. The average Bonchev–Trinajstić information content (AvgIpc) is 2.91. The molecule has 1 unspecified atom stereocenters. The van der Waals surface area contributed by atoms with Gasteiger partial charge in [0, 0.05) is 19.3 Å². The highest BCUT2D eigenvalue weighted by atomic mass is 35.5. The van der Waals surface area contributed by atoms with Crippen LogP contribution in [0.4, 0.5) is 11.4 Å². The van der Waals surface area contributed by atoms with Crippen molar-refractivity contribution < 1.29 is 19.2 Å². The molecule has 1 N–H and O–H groups in total. The molecule has 0 fully saturated rings. The first-order valence-corrected chi connectivity index (χ1v) is 7.10. The number of hydrogen-bond donors (Lipinski definition) is 1.